The number of nitrogens with one attached hydrogen (secondary N) is 2. The fourth-order valence-corrected chi connectivity index (χ4v) is 4.55. The van der Waals surface area contributed by atoms with Crippen LogP contribution in [0.1, 0.15) is 15.9 Å². The standard InChI is InChI=1S/C27H25ClN4O3/c28-23-10-9-18(13-22(23)26-29-14-25(31-26)17-5-2-1-3-6-17)30-24-8-4-7-21-20(24)11-12-32(27(21)35)15-19(34)16-33/h1-10,13-14,19,30,33-34H,11-12,15-16H2,(H,29,31). The summed E-state index contributed by atoms with van der Waals surface area (Å²) in [5.41, 5.74) is 5.90. The molecule has 1 atom stereocenters. The van der Waals surface area contributed by atoms with Gasteiger partial charge in [0.1, 0.15) is 5.82 Å². The number of rotatable bonds is 7. The molecule has 0 radical (unpaired) electrons. The number of halogens is 1. The number of hydrogen-bond donors (Lipinski definition) is 4. The Morgan fingerprint density at radius 2 is 1.91 bits per heavy atom. The Bertz CT molecular complexity index is 1360. The zero-order valence-corrected chi connectivity index (χ0v) is 19.7. The Balaban J connectivity index is 1.41. The summed E-state index contributed by atoms with van der Waals surface area (Å²) >= 11 is 6.52. The lowest BCUT2D eigenvalue weighted by molar-refractivity contribution is 0.0445. The maximum atomic E-state index is 13.0. The lowest BCUT2D eigenvalue weighted by atomic mass is 9.96. The number of aromatic nitrogens is 2. The van der Waals surface area contributed by atoms with Crippen LogP contribution >= 0.6 is 11.6 Å². The van der Waals surface area contributed by atoms with E-state index in [1.54, 1.807) is 17.2 Å². The van der Waals surface area contributed by atoms with Crippen molar-refractivity contribution in [1.82, 2.24) is 14.9 Å². The van der Waals surface area contributed by atoms with Gasteiger partial charge in [0.15, 0.2) is 0 Å². The normalized spacial score (nSPS) is 14.0. The fourth-order valence-electron chi connectivity index (χ4n) is 4.34. The van der Waals surface area contributed by atoms with E-state index in [0.29, 0.717) is 29.4 Å². The number of nitrogens with zero attached hydrogens (tertiary/aromatic N) is 2. The van der Waals surface area contributed by atoms with Crippen molar-refractivity contribution in [2.45, 2.75) is 12.5 Å². The van der Waals surface area contributed by atoms with E-state index in [1.165, 1.54) is 0 Å². The largest absolute Gasteiger partial charge is 0.394 e. The summed E-state index contributed by atoms with van der Waals surface area (Å²) in [5, 5.41) is 22.9. The number of carbonyl (C=O) groups excluding carboxylic acids is 1. The van der Waals surface area contributed by atoms with Gasteiger partial charge in [0, 0.05) is 35.6 Å². The van der Waals surface area contributed by atoms with E-state index in [2.05, 4.69) is 15.3 Å². The molecule has 0 saturated heterocycles. The van der Waals surface area contributed by atoms with Gasteiger partial charge in [-0.1, -0.05) is 48.0 Å². The average Bonchev–Trinajstić information content (AvgIpc) is 3.38. The number of hydrogen-bond acceptors (Lipinski definition) is 5. The summed E-state index contributed by atoms with van der Waals surface area (Å²) in [6, 6.07) is 21.2. The van der Waals surface area contributed by atoms with Crippen LogP contribution in [0.5, 0.6) is 0 Å². The number of anilines is 2. The van der Waals surface area contributed by atoms with Crippen LogP contribution in [0.25, 0.3) is 22.6 Å². The van der Waals surface area contributed by atoms with Crippen LogP contribution in [0.4, 0.5) is 11.4 Å². The molecule has 0 fully saturated rings. The number of aliphatic hydroxyl groups excluding tert-OH is 2. The molecule has 4 N–H and O–H groups in total. The average molecular weight is 489 g/mol. The minimum absolute atomic E-state index is 0.112. The van der Waals surface area contributed by atoms with Crippen LogP contribution in [-0.4, -0.2) is 56.8 Å². The second-order valence-electron chi connectivity index (χ2n) is 8.50. The van der Waals surface area contributed by atoms with Crippen LogP contribution < -0.4 is 5.32 Å². The summed E-state index contributed by atoms with van der Waals surface area (Å²) in [6.07, 6.45) is 1.49. The number of amides is 1. The molecule has 0 bridgehead atoms. The minimum Gasteiger partial charge on any atom is -0.394 e. The van der Waals surface area contributed by atoms with Crippen LogP contribution in [-0.2, 0) is 6.42 Å². The highest BCUT2D eigenvalue weighted by molar-refractivity contribution is 6.33. The first-order valence-electron chi connectivity index (χ1n) is 11.4. The molecular weight excluding hydrogens is 464 g/mol. The Morgan fingerprint density at radius 3 is 2.71 bits per heavy atom. The number of imidazole rings is 1. The number of aromatic amines is 1. The quantitative estimate of drug-likeness (QED) is 0.307. The number of aliphatic hydroxyl groups is 2. The van der Waals surface area contributed by atoms with Gasteiger partial charge in [0.05, 0.1) is 29.6 Å². The van der Waals surface area contributed by atoms with E-state index in [0.717, 1.165) is 33.8 Å². The second-order valence-corrected chi connectivity index (χ2v) is 8.91. The molecule has 4 aromatic rings. The third-order valence-corrected chi connectivity index (χ3v) is 6.46. The molecule has 1 aliphatic heterocycles. The van der Waals surface area contributed by atoms with Gasteiger partial charge in [-0.2, -0.15) is 0 Å². The number of H-pyrrole nitrogens is 1. The summed E-state index contributed by atoms with van der Waals surface area (Å²) in [4.78, 5) is 22.4. The van der Waals surface area contributed by atoms with Crippen LogP contribution in [0.2, 0.25) is 5.02 Å². The van der Waals surface area contributed by atoms with E-state index >= 15 is 0 Å². The molecule has 1 aliphatic rings. The summed E-state index contributed by atoms with van der Waals surface area (Å²) in [7, 11) is 0. The molecule has 0 spiro atoms. The zero-order valence-electron chi connectivity index (χ0n) is 18.9. The highest BCUT2D eigenvalue weighted by Gasteiger charge is 2.27. The van der Waals surface area contributed by atoms with Gasteiger partial charge >= 0.3 is 0 Å². The topological polar surface area (TPSA) is 101 Å². The van der Waals surface area contributed by atoms with E-state index in [-0.39, 0.29) is 19.1 Å². The Morgan fingerprint density at radius 1 is 1.09 bits per heavy atom. The predicted molar refractivity (Wildman–Crippen MR) is 137 cm³/mol. The van der Waals surface area contributed by atoms with Gasteiger partial charge in [-0.05, 0) is 47.9 Å². The Labute approximate surface area is 208 Å². The van der Waals surface area contributed by atoms with Crippen molar-refractivity contribution in [2.75, 3.05) is 25.0 Å². The molecule has 0 aliphatic carbocycles. The molecule has 0 saturated carbocycles. The van der Waals surface area contributed by atoms with Gasteiger partial charge in [-0.25, -0.2) is 4.98 Å². The maximum absolute atomic E-state index is 13.0. The number of fused-ring (bicyclic) bond motifs is 1. The molecule has 2 heterocycles. The molecule has 1 aromatic heterocycles. The zero-order chi connectivity index (χ0) is 24.4. The van der Waals surface area contributed by atoms with Crippen molar-refractivity contribution in [3.8, 4) is 22.6 Å². The molecule has 8 heteroatoms. The van der Waals surface area contributed by atoms with Crippen molar-refractivity contribution in [3.05, 3.63) is 89.1 Å². The summed E-state index contributed by atoms with van der Waals surface area (Å²) < 4.78 is 0. The van der Waals surface area contributed by atoms with E-state index < -0.39 is 6.10 Å². The van der Waals surface area contributed by atoms with Gasteiger partial charge in [0.2, 0.25) is 0 Å². The highest BCUT2D eigenvalue weighted by atomic mass is 35.5. The summed E-state index contributed by atoms with van der Waals surface area (Å²) in [5.74, 6) is 0.518. The smallest absolute Gasteiger partial charge is 0.254 e. The monoisotopic (exact) mass is 488 g/mol. The SMILES string of the molecule is O=C1c2cccc(Nc3ccc(Cl)c(-c4ncc(-c5ccccc5)[nH]4)c3)c2CCN1CC(O)CO. The number of carbonyl (C=O) groups is 1. The van der Waals surface area contributed by atoms with Crippen molar-refractivity contribution in [3.63, 3.8) is 0 Å². The van der Waals surface area contributed by atoms with Crippen LogP contribution in [0, 0.1) is 0 Å². The first-order valence-corrected chi connectivity index (χ1v) is 11.8. The maximum Gasteiger partial charge on any atom is 0.254 e. The highest BCUT2D eigenvalue weighted by Crippen LogP contribution is 2.33. The van der Waals surface area contributed by atoms with Gasteiger partial charge in [-0.15, -0.1) is 0 Å². The van der Waals surface area contributed by atoms with Crippen molar-refractivity contribution < 1.29 is 15.0 Å². The van der Waals surface area contributed by atoms with Crippen LogP contribution in [0.15, 0.2) is 72.9 Å². The number of β-amino-alcohol motifs (C(OH)–C–C–N with tert-alkyl or cyclic N) is 1. The second kappa shape index (κ2) is 9.92. The minimum atomic E-state index is -0.946. The first-order chi connectivity index (χ1) is 17.0. The Kier molecular flexibility index (Phi) is 6.55. The van der Waals surface area contributed by atoms with Crippen molar-refractivity contribution in [2.24, 2.45) is 0 Å². The predicted octanol–water partition coefficient (Wildman–Crippen LogP) is 4.49. The van der Waals surface area contributed by atoms with Gasteiger partial charge < -0.3 is 25.4 Å². The van der Waals surface area contributed by atoms with Crippen molar-refractivity contribution in [1.29, 1.82) is 0 Å². The molecule has 7 nitrogen and oxygen atoms in total. The third kappa shape index (κ3) is 4.79. The first kappa shape index (κ1) is 23.1. The molecular formula is C27H25ClN4O3. The molecule has 35 heavy (non-hydrogen) atoms. The molecule has 3 aromatic carbocycles. The summed E-state index contributed by atoms with van der Waals surface area (Å²) in [6.45, 7) is 0.211. The van der Waals surface area contributed by atoms with Gasteiger partial charge in [-0.3, -0.25) is 4.79 Å². The van der Waals surface area contributed by atoms with E-state index in [1.807, 2.05) is 60.7 Å². The van der Waals surface area contributed by atoms with Crippen LogP contribution in [0.3, 0.4) is 0 Å². The van der Waals surface area contributed by atoms with E-state index in [4.69, 9.17) is 16.7 Å². The lowest BCUT2D eigenvalue weighted by Gasteiger charge is -2.31. The number of benzene rings is 3. The Hall–Kier alpha value is -3.65. The molecule has 178 valence electrons. The fraction of sp³-hybridized carbons (Fsp3) is 0.185. The van der Waals surface area contributed by atoms with E-state index in [9.17, 15) is 9.90 Å². The lowest BCUT2D eigenvalue weighted by Crippen LogP contribution is -2.43. The van der Waals surface area contributed by atoms with Crippen molar-refractivity contribution >= 4 is 28.9 Å². The molecule has 5 rings (SSSR count). The molecule has 1 unspecified atom stereocenters. The molecule has 1 amide bonds. The van der Waals surface area contributed by atoms with Gasteiger partial charge in [0.25, 0.3) is 5.91 Å². The third-order valence-electron chi connectivity index (χ3n) is 6.13.